The van der Waals surface area contributed by atoms with Crippen LogP contribution in [0.5, 0.6) is 0 Å². The van der Waals surface area contributed by atoms with Gasteiger partial charge in [0.15, 0.2) is 5.41 Å². The summed E-state index contributed by atoms with van der Waals surface area (Å²) in [5, 5.41) is 17.6. The number of aliphatic carboxylic acids is 1. The zero-order valence-electron chi connectivity index (χ0n) is 7.79. The molecule has 1 heterocycles. The van der Waals surface area contributed by atoms with Crippen molar-refractivity contribution >= 4 is 5.97 Å². The Morgan fingerprint density at radius 3 is 2.54 bits per heavy atom. The third-order valence-corrected chi connectivity index (χ3v) is 2.46. The van der Waals surface area contributed by atoms with Gasteiger partial charge in [-0.1, -0.05) is 0 Å². The van der Waals surface area contributed by atoms with Crippen molar-refractivity contribution < 1.29 is 9.90 Å². The van der Waals surface area contributed by atoms with Gasteiger partial charge >= 0.3 is 5.97 Å². The summed E-state index contributed by atoms with van der Waals surface area (Å²) in [6.07, 6.45) is 2.22. The topological polar surface area (TPSA) is 64.3 Å². The van der Waals surface area contributed by atoms with E-state index >= 15 is 0 Å². The summed E-state index contributed by atoms with van der Waals surface area (Å²) in [6.45, 7) is 3.67. The fourth-order valence-corrected chi connectivity index (χ4v) is 1.54. The number of rotatable bonds is 3. The Hall–Kier alpha value is -1.08. The van der Waals surface area contributed by atoms with Gasteiger partial charge in [-0.2, -0.15) is 5.26 Å². The number of nitrogens with zero attached hydrogens (tertiary/aromatic N) is 2. The molecule has 1 atom stereocenters. The Labute approximate surface area is 77.8 Å². The molecule has 0 aromatic carbocycles. The first-order chi connectivity index (χ1) is 6.08. The van der Waals surface area contributed by atoms with Crippen LogP contribution in [0.4, 0.5) is 0 Å². The Kier molecular flexibility index (Phi) is 2.89. The van der Waals surface area contributed by atoms with Crippen molar-refractivity contribution in [3.8, 4) is 6.07 Å². The number of carbonyl (C=O) groups is 1. The number of likely N-dealkylation sites (tertiary alicyclic amines) is 1. The van der Waals surface area contributed by atoms with Gasteiger partial charge in [-0.25, -0.2) is 0 Å². The maximum atomic E-state index is 10.8. The second-order valence-electron chi connectivity index (χ2n) is 3.73. The molecule has 1 saturated heterocycles. The summed E-state index contributed by atoms with van der Waals surface area (Å²) in [5.74, 6) is -1.03. The minimum Gasteiger partial charge on any atom is -0.480 e. The Morgan fingerprint density at radius 2 is 2.15 bits per heavy atom. The third kappa shape index (κ3) is 2.19. The van der Waals surface area contributed by atoms with Crippen LogP contribution in [-0.4, -0.2) is 35.6 Å². The fourth-order valence-electron chi connectivity index (χ4n) is 1.54. The van der Waals surface area contributed by atoms with Crippen molar-refractivity contribution in [1.29, 1.82) is 5.26 Å². The molecule has 0 saturated carbocycles. The fraction of sp³-hybridized carbons (Fsp3) is 0.778. The molecule has 0 radical (unpaired) electrons. The van der Waals surface area contributed by atoms with E-state index < -0.39 is 11.4 Å². The lowest BCUT2D eigenvalue weighted by atomic mass is 9.92. The highest BCUT2D eigenvalue weighted by Gasteiger charge is 2.35. The molecule has 0 aromatic heterocycles. The van der Waals surface area contributed by atoms with Crippen LogP contribution < -0.4 is 0 Å². The van der Waals surface area contributed by atoms with Gasteiger partial charge in [0.25, 0.3) is 0 Å². The summed E-state index contributed by atoms with van der Waals surface area (Å²) in [5.41, 5.74) is -1.25. The van der Waals surface area contributed by atoms with E-state index in [9.17, 15) is 4.79 Å². The van der Waals surface area contributed by atoms with Crippen LogP contribution in [0.3, 0.4) is 0 Å². The average molecular weight is 182 g/mol. The first-order valence-corrected chi connectivity index (χ1v) is 4.45. The van der Waals surface area contributed by atoms with Crippen LogP contribution in [0.15, 0.2) is 0 Å². The van der Waals surface area contributed by atoms with E-state index in [1.54, 1.807) is 0 Å². The predicted molar refractivity (Wildman–Crippen MR) is 47.0 cm³/mol. The molecule has 4 heteroatoms. The van der Waals surface area contributed by atoms with Crippen LogP contribution >= 0.6 is 0 Å². The lowest BCUT2D eigenvalue weighted by Crippen LogP contribution is -2.38. The quantitative estimate of drug-likeness (QED) is 0.697. The lowest BCUT2D eigenvalue weighted by Gasteiger charge is -2.23. The van der Waals surface area contributed by atoms with Crippen molar-refractivity contribution in [3.05, 3.63) is 0 Å². The van der Waals surface area contributed by atoms with E-state index in [-0.39, 0.29) is 0 Å². The standard InChI is InChI=1S/C9H14N2O2/c1-9(6-10,8(12)13)7-11-4-2-3-5-11/h2-5,7H2,1H3,(H,12,13). The van der Waals surface area contributed by atoms with Gasteiger partial charge in [-0.15, -0.1) is 0 Å². The van der Waals surface area contributed by atoms with Gasteiger partial charge in [0, 0.05) is 6.54 Å². The molecule has 1 N–H and O–H groups in total. The summed E-state index contributed by atoms with van der Waals surface area (Å²) in [6, 6.07) is 1.86. The second kappa shape index (κ2) is 3.75. The molecule has 1 fully saturated rings. The molecule has 0 amide bonds. The minimum atomic E-state index is -1.25. The Balaban J connectivity index is 2.58. The number of carboxylic acids is 1. The van der Waals surface area contributed by atoms with Crippen LogP contribution in [0.2, 0.25) is 0 Å². The molecule has 0 aliphatic carbocycles. The van der Waals surface area contributed by atoms with Crippen molar-refractivity contribution in [2.45, 2.75) is 19.8 Å². The molecule has 72 valence electrons. The van der Waals surface area contributed by atoms with E-state index in [1.807, 2.05) is 11.0 Å². The van der Waals surface area contributed by atoms with Crippen LogP contribution in [0.1, 0.15) is 19.8 Å². The first kappa shape index (κ1) is 10.0. The highest BCUT2D eigenvalue weighted by atomic mass is 16.4. The highest BCUT2D eigenvalue weighted by Crippen LogP contribution is 2.20. The van der Waals surface area contributed by atoms with Gasteiger partial charge in [-0.05, 0) is 32.9 Å². The van der Waals surface area contributed by atoms with E-state index in [0.717, 1.165) is 25.9 Å². The van der Waals surface area contributed by atoms with Gasteiger partial charge in [-0.3, -0.25) is 4.79 Å². The minimum absolute atomic E-state index is 0.346. The Bertz CT molecular complexity index is 240. The van der Waals surface area contributed by atoms with Crippen molar-refractivity contribution in [1.82, 2.24) is 4.90 Å². The van der Waals surface area contributed by atoms with Gasteiger partial charge < -0.3 is 10.0 Å². The molecule has 0 bridgehead atoms. The Morgan fingerprint density at radius 1 is 1.62 bits per heavy atom. The van der Waals surface area contributed by atoms with Crippen LogP contribution in [0.25, 0.3) is 0 Å². The summed E-state index contributed by atoms with van der Waals surface area (Å²) < 4.78 is 0. The van der Waals surface area contributed by atoms with E-state index in [0.29, 0.717) is 6.54 Å². The van der Waals surface area contributed by atoms with Gasteiger partial charge in [0.05, 0.1) is 6.07 Å². The van der Waals surface area contributed by atoms with Gasteiger partial charge in [0.1, 0.15) is 0 Å². The number of nitriles is 1. The number of hydrogen-bond donors (Lipinski definition) is 1. The number of hydrogen-bond acceptors (Lipinski definition) is 3. The van der Waals surface area contributed by atoms with Crippen molar-refractivity contribution in [3.63, 3.8) is 0 Å². The summed E-state index contributed by atoms with van der Waals surface area (Å²) in [4.78, 5) is 12.8. The van der Waals surface area contributed by atoms with E-state index in [2.05, 4.69) is 0 Å². The molecule has 13 heavy (non-hydrogen) atoms. The first-order valence-electron chi connectivity index (χ1n) is 4.45. The molecular formula is C9H14N2O2. The van der Waals surface area contributed by atoms with Gasteiger partial charge in [0.2, 0.25) is 0 Å². The molecule has 1 aliphatic rings. The molecule has 1 rings (SSSR count). The molecule has 1 unspecified atom stereocenters. The van der Waals surface area contributed by atoms with Crippen molar-refractivity contribution in [2.24, 2.45) is 5.41 Å². The van der Waals surface area contributed by atoms with E-state index in [1.165, 1.54) is 6.92 Å². The van der Waals surface area contributed by atoms with Crippen LogP contribution in [-0.2, 0) is 4.79 Å². The molecule has 1 aliphatic heterocycles. The lowest BCUT2D eigenvalue weighted by molar-refractivity contribution is -0.145. The highest BCUT2D eigenvalue weighted by molar-refractivity contribution is 5.77. The normalized spacial score (nSPS) is 22.2. The summed E-state index contributed by atoms with van der Waals surface area (Å²) in [7, 11) is 0. The van der Waals surface area contributed by atoms with E-state index in [4.69, 9.17) is 10.4 Å². The maximum Gasteiger partial charge on any atom is 0.325 e. The molecular weight excluding hydrogens is 168 g/mol. The SMILES string of the molecule is CC(C#N)(CN1CCCC1)C(=O)O. The molecule has 4 nitrogen and oxygen atoms in total. The maximum absolute atomic E-state index is 10.8. The molecule has 0 aromatic rings. The number of carboxylic acid groups (broad SMARTS) is 1. The zero-order chi connectivity index (χ0) is 9.90. The van der Waals surface area contributed by atoms with Crippen LogP contribution in [0, 0.1) is 16.7 Å². The third-order valence-electron chi connectivity index (χ3n) is 2.46. The van der Waals surface area contributed by atoms with Crippen molar-refractivity contribution in [2.75, 3.05) is 19.6 Å². The largest absolute Gasteiger partial charge is 0.480 e. The zero-order valence-corrected chi connectivity index (χ0v) is 7.79. The second-order valence-corrected chi connectivity index (χ2v) is 3.73. The smallest absolute Gasteiger partial charge is 0.325 e. The monoisotopic (exact) mass is 182 g/mol. The summed E-state index contributed by atoms with van der Waals surface area (Å²) >= 11 is 0. The average Bonchev–Trinajstić information content (AvgIpc) is 2.56. The predicted octanol–water partition coefficient (Wildman–Crippen LogP) is 0.697. The molecule has 0 spiro atoms.